The summed E-state index contributed by atoms with van der Waals surface area (Å²) in [7, 11) is 0. The van der Waals surface area contributed by atoms with Crippen molar-refractivity contribution in [3.8, 4) is 0 Å². The first-order valence-corrected chi connectivity index (χ1v) is 11.2. The lowest BCUT2D eigenvalue weighted by molar-refractivity contribution is 1.21. The molecule has 2 heteroatoms. The molecule has 0 aliphatic carbocycles. The SMILES string of the molecule is Cc1ccc2sc3cc(Cc4ccc5sc6ccccc6c5c4)ccc3c2c1. The van der Waals surface area contributed by atoms with Crippen LogP contribution in [-0.2, 0) is 6.42 Å². The third-order valence-corrected chi connectivity index (χ3v) is 7.83. The number of aryl methyl sites for hydroxylation is 1. The normalized spacial score (nSPS) is 11.9. The summed E-state index contributed by atoms with van der Waals surface area (Å²) in [6.07, 6.45) is 0.976. The molecule has 0 aliphatic heterocycles. The molecule has 4 aromatic carbocycles. The number of rotatable bonds is 2. The van der Waals surface area contributed by atoms with Gasteiger partial charge in [0.25, 0.3) is 0 Å². The molecule has 0 bridgehead atoms. The first-order chi connectivity index (χ1) is 13.7. The van der Waals surface area contributed by atoms with Crippen LogP contribution in [-0.4, -0.2) is 0 Å². The highest BCUT2D eigenvalue weighted by Gasteiger charge is 2.08. The van der Waals surface area contributed by atoms with Crippen LogP contribution in [0.15, 0.2) is 78.9 Å². The average molecular weight is 395 g/mol. The molecule has 0 atom stereocenters. The fourth-order valence-corrected chi connectivity index (χ4v) is 6.40. The largest absolute Gasteiger partial charge is 0.135 e. The summed E-state index contributed by atoms with van der Waals surface area (Å²) in [6.45, 7) is 2.17. The van der Waals surface area contributed by atoms with E-state index in [-0.39, 0.29) is 0 Å². The predicted molar refractivity (Wildman–Crippen MR) is 126 cm³/mol. The van der Waals surface area contributed by atoms with Crippen LogP contribution in [0.2, 0.25) is 0 Å². The van der Waals surface area contributed by atoms with Crippen molar-refractivity contribution in [2.24, 2.45) is 0 Å². The van der Waals surface area contributed by atoms with Crippen molar-refractivity contribution in [1.29, 1.82) is 0 Å². The van der Waals surface area contributed by atoms with Gasteiger partial charge in [0.2, 0.25) is 0 Å². The molecule has 0 amide bonds. The van der Waals surface area contributed by atoms with Crippen molar-refractivity contribution < 1.29 is 0 Å². The molecule has 0 nitrogen and oxygen atoms in total. The molecular weight excluding hydrogens is 376 g/mol. The highest BCUT2D eigenvalue weighted by molar-refractivity contribution is 7.26. The second-order valence-corrected chi connectivity index (χ2v) is 9.71. The van der Waals surface area contributed by atoms with Gasteiger partial charge in [-0.3, -0.25) is 0 Å². The molecule has 0 aliphatic rings. The minimum atomic E-state index is 0.976. The zero-order chi connectivity index (χ0) is 18.7. The molecule has 2 heterocycles. The van der Waals surface area contributed by atoms with E-state index in [2.05, 4.69) is 85.8 Å². The van der Waals surface area contributed by atoms with Gasteiger partial charge < -0.3 is 0 Å². The molecule has 6 aromatic rings. The van der Waals surface area contributed by atoms with Gasteiger partial charge in [0.05, 0.1) is 0 Å². The van der Waals surface area contributed by atoms with Gasteiger partial charge in [-0.1, -0.05) is 48.0 Å². The lowest BCUT2D eigenvalue weighted by atomic mass is 10.0. The van der Waals surface area contributed by atoms with Crippen LogP contribution < -0.4 is 0 Å². The van der Waals surface area contributed by atoms with E-state index < -0.39 is 0 Å². The summed E-state index contributed by atoms with van der Waals surface area (Å²) in [5.74, 6) is 0. The summed E-state index contributed by atoms with van der Waals surface area (Å²) in [4.78, 5) is 0. The van der Waals surface area contributed by atoms with Crippen molar-refractivity contribution in [2.75, 3.05) is 0 Å². The second-order valence-electron chi connectivity index (χ2n) is 7.54. The highest BCUT2D eigenvalue weighted by atomic mass is 32.1. The Hall–Kier alpha value is -2.68. The lowest BCUT2D eigenvalue weighted by Crippen LogP contribution is -1.87. The van der Waals surface area contributed by atoms with Gasteiger partial charge in [-0.15, -0.1) is 22.7 Å². The van der Waals surface area contributed by atoms with Crippen LogP contribution in [0.25, 0.3) is 40.3 Å². The topological polar surface area (TPSA) is 0 Å². The Bertz CT molecular complexity index is 1500. The first kappa shape index (κ1) is 16.3. The second kappa shape index (κ2) is 6.16. The maximum Gasteiger partial charge on any atom is 0.0358 e. The summed E-state index contributed by atoms with van der Waals surface area (Å²) in [5.41, 5.74) is 4.09. The molecule has 0 spiro atoms. The molecule has 0 unspecified atom stereocenters. The molecule has 28 heavy (non-hydrogen) atoms. The standard InChI is InChI=1S/C26H18S2/c1-16-6-10-24-21(12-16)20-9-7-18(15-26(20)28-24)13-17-8-11-25-22(14-17)19-4-2-3-5-23(19)27-25/h2-12,14-15H,13H2,1H3. The molecule has 0 saturated carbocycles. The minimum Gasteiger partial charge on any atom is -0.135 e. The van der Waals surface area contributed by atoms with Crippen molar-refractivity contribution >= 4 is 63.0 Å². The van der Waals surface area contributed by atoms with Crippen LogP contribution in [0.3, 0.4) is 0 Å². The van der Waals surface area contributed by atoms with Crippen LogP contribution in [0.1, 0.15) is 16.7 Å². The van der Waals surface area contributed by atoms with E-state index >= 15 is 0 Å². The van der Waals surface area contributed by atoms with Gasteiger partial charge >= 0.3 is 0 Å². The average Bonchev–Trinajstić information content (AvgIpc) is 3.25. The Morgan fingerprint density at radius 3 is 2.11 bits per heavy atom. The van der Waals surface area contributed by atoms with Crippen LogP contribution in [0.5, 0.6) is 0 Å². The number of benzene rings is 4. The van der Waals surface area contributed by atoms with E-state index in [1.54, 1.807) is 0 Å². The van der Waals surface area contributed by atoms with Crippen molar-refractivity contribution in [3.63, 3.8) is 0 Å². The zero-order valence-electron chi connectivity index (χ0n) is 15.5. The Balaban J connectivity index is 1.43. The number of hydrogen-bond donors (Lipinski definition) is 0. The molecule has 134 valence electrons. The Labute approximate surface area is 171 Å². The van der Waals surface area contributed by atoms with Crippen molar-refractivity contribution in [3.05, 3.63) is 95.6 Å². The molecule has 0 N–H and O–H groups in total. The Morgan fingerprint density at radius 2 is 1.18 bits per heavy atom. The monoisotopic (exact) mass is 394 g/mol. The molecular formula is C26H18S2. The number of hydrogen-bond acceptors (Lipinski definition) is 2. The van der Waals surface area contributed by atoms with Crippen LogP contribution in [0.4, 0.5) is 0 Å². The van der Waals surface area contributed by atoms with E-state index in [1.165, 1.54) is 57.0 Å². The highest BCUT2D eigenvalue weighted by Crippen LogP contribution is 2.36. The summed E-state index contributed by atoms with van der Waals surface area (Å²) in [6, 6.07) is 29.4. The van der Waals surface area contributed by atoms with Gasteiger partial charge in [-0.25, -0.2) is 0 Å². The third-order valence-electron chi connectivity index (χ3n) is 5.54. The fraction of sp³-hybridized carbons (Fsp3) is 0.0769. The maximum absolute atomic E-state index is 2.38. The van der Waals surface area contributed by atoms with E-state index in [0.717, 1.165) is 6.42 Å². The predicted octanol–water partition coefficient (Wildman–Crippen LogP) is 8.32. The molecule has 0 fully saturated rings. The van der Waals surface area contributed by atoms with E-state index in [9.17, 15) is 0 Å². The molecule has 0 saturated heterocycles. The molecule has 6 rings (SSSR count). The van der Waals surface area contributed by atoms with E-state index in [1.807, 2.05) is 22.7 Å². The Morgan fingerprint density at radius 1 is 0.536 bits per heavy atom. The smallest absolute Gasteiger partial charge is 0.0358 e. The first-order valence-electron chi connectivity index (χ1n) is 9.57. The number of thiophene rings is 2. The van der Waals surface area contributed by atoms with Crippen LogP contribution in [0, 0.1) is 6.92 Å². The maximum atomic E-state index is 2.38. The quantitative estimate of drug-likeness (QED) is 0.277. The van der Waals surface area contributed by atoms with Gasteiger partial charge in [0.15, 0.2) is 0 Å². The van der Waals surface area contributed by atoms with Crippen LogP contribution >= 0.6 is 22.7 Å². The van der Waals surface area contributed by atoms with E-state index in [0.29, 0.717) is 0 Å². The number of fused-ring (bicyclic) bond motifs is 6. The minimum absolute atomic E-state index is 0.976. The van der Waals surface area contributed by atoms with Gasteiger partial charge in [-0.05, 0) is 60.9 Å². The molecule has 2 aromatic heterocycles. The van der Waals surface area contributed by atoms with Crippen molar-refractivity contribution in [2.45, 2.75) is 13.3 Å². The van der Waals surface area contributed by atoms with Gasteiger partial charge in [-0.2, -0.15) is 0 Å². The Kier molecular flexibility index (Phi) is 3.59. The van der Waals surface area contributed by atoms with Crippen molar-refractivity contribution in [1.82, 2.24) is 0 Å². The lowest BCUT2D eigenvalue weighted by Gasteiger charge is -2.04. The van der Waals surface area contributed by atoms with Gasteiger partial charge in [0.1, 0.15) is 0 Å². The summed E-state index contributed by atoms with van der Waals surface area (Å²) >= 11 is 3.79. The summed E-state index contributed by atoms with van der Waals surface area (Å²) < 4.78 is 5.51. The van der Waals surface area contributed by atoms with E-state index in [4.69, 9.17) is 0 Å². The fourth-order valence-electron chi connectivity index (χ4n) is 4.16. The third kappa shape index (κ3) is 2.56. The zero-order valence-corrected chi connectivity index (χ0v) is 17.2. The van der Waals surface area contributed by atoms with Gasteiger partial charge in [0, 0.05) is 40.3 Å². The summed E-state index contributed by atoms with van der Waals surface area (Å²) in [5, 5.41) is 5.53. The molecule has 0 radical (unpaired) electrons.